The summed E-state index contributed by atoms with van der Waals surface area (Å²) in [6.45, 7) is 7.69. The molecule has 0 aromatic rings. The van der Waals surface area contributed by atoms with Crippen molar-refractivity contribution in [1.82, 2.24) is 4.90 Å². The first-order chi connectivity index (χ1) is 6.52. The van der Waals surface area contributed by atoms with Crippen LogP contribution in [0.1, 0.15) is 13.8 Å². The number of amides is 2. The number of likely N-dealkylation sites (N-methyl/N-ethyl adjacent to an activating group) is 1. The van der Waals surface area contributed by atoms with Crippen LogP contribution >= 0.6 is 0 Å². The van der Waals surface area contributed by atoms with Crippen molar-refractivity contribution in [2.45, 2.75) is 13.8 Å². The van der Waals surface area contributed by atoms with Crippen molar-refractivity contribution in [3.63, 3.8) is 0 Å². The van der Waals surface area contributed by atoms with Crippen LogP contribution in [0.4, 0.5) is 4.79 Å². The number of hydrogen-bond donors (Lipinski definition) is 1. The number of carbonyl (C=O) groups excluding carboxylic acids is 1. The summed E-state index contributed by atoms with van der Waals surface area (Å²) in [5.41, 5.74) is 7.11. The van der Waals surface area contributed by atoms with Gasteiger partial charge in [0.05, 0.1) is 0 Å². The standard InChI is InChI=1S/C10H17N3O/c1-5-9(8(2)6-12-3)7-13(4)10(11)14/h5-6H,3,7H2,1-2,4H3,(H2,11,14)/b8-6-,9-5-. The number of nitrogens with zero attached hydrogens (tertiary/aromatic N) is 2. The van der Waals surface area contributed by atoms with Gasteiger partial charge in [-0.15, -0.1) is 0 Å². The summed E-state index contributed by atoms with van der Waals surface area (Å²) in [5, 5.41) is 0. The predicted octanol–water partition coefficient (Wildman–Crippen LogP) is 1.55. The van der Waals surface area contributed by atoms with Gasteiger partial charge in [0.1, 0.15) is 0 Å². The quantitative estimate of drug-likeness (QED) is 0.537. The van der Waals surface area contributed by atoms with Gasteiger partial charge in [0.2, 0.25) is 0 Å². The van der Waals surface area contributed by atoms with E-state index >= 15 is 0 Å². The number of urea groups is 1. The Morgan fingerprint density at radius 2 is 2.21 bits per heavy atom. The molecule has 0 saturated carbocycles. The highest BCUT2D eigenvalue weighted by molar-refractivity contribution is 5.72. The number of aliphatic imine (C=N–C) groups is 1. The van der Waals surface area contributed by atoms with Crippen molar-refractivity contribution in [1.29, 1.82) is 0 Å². The van der Waals surface area contributed by atoms with Crippen molar-refractivity contribution in [2.75, 3.05) is 13.6 Å². The molecule has 0 heterocycles. The van der Waals surface area contributed by atoms with Crippen LogP contribution in [0.15, 0.2) is 28.4 Å². The van der Waals surface area contributed by atoms with Gasteiger partial charge >= 0.3 is 6.03 Å². The van der Waals surface area contributed by atoms with E-state index in [0.29, 0.717) is 6.54 Å². The van der Waals surface area contributed by atoms with Gasteiger partial charge in [0.15, 0.2) is 0 Å². The van der Waals surface area contributed by atoms with Gasteiger partial charge in [-0.2, -0.15) is 0 Å². The molecule has 0 fully saturated rings. The molecule has 4 nitrogen and oxygen atoms in total. The van der Waals surface area contributed by atoms with Gasteiger partial charge in [-0.05, 0) is 31.7 Å². The Morgan fingerprint density at radius 3 is 2.57 bits per heavy atom. The molecule has 0 aliphatic rings. The molecule has 0 saturated heterocycles. The van der Waals surface area contributed by atoms with Crippen molar-refractivity contribution < 1.29 is 4.79 Å². The second kappa shape index (κ2) is 5.96. The molecule has 2 amide bonds. The molecule has 78 valence electrons. The van der Waals surface area contributed by atoms with E-state index in [0.717, 1.165) is 11.1 Å². The Morgan fingerprint density at radius 1 is 1.64 bits per heavy atom. The average Bonchev–Trinajstić information content (AvgIpc) is 2.13. The van der Waals surface area contributed by atoms with E-state index in [2.05, 4.69) is 11.7 Å². The summed E-state index contributed by atoms with van der Waals surface area (Å²) in [6.07, 6.45) is 3.58. The van der Waals surface area contributed by atoms with Crippen LogP contribution in [0.25, 0.3) is 0 Å². The van der Waals surface area contributed by atoms with Gasteiger partial charge in [-0.25, -0.2) is 4.79 Å². The maximum Gasteiger partial charge on any atom is 0.314 e. The molecule has 0 aliphatic heterocycles. The number of carbonyl (C=O) groups is 1. The van der Waals surface area contributed by atoms with E-state index < -0.39 is 6.03 Å². The topological polar surface area (TPSA) is 58.7 Å². The lowest BCUT2D eigenvalue weighted by atomic mass is 10.1. The molecule has 0 aromatic carbocycles. The fourth-order valence-electron chi connectivity index (χ4n) is 0.997. The van der Waals surface area contributed by atoms with Crippen LogP contribution < -0.4 is 5.73 Å². The first-order valence-corrected chi connectivity index (χ1v) is 4.31. The highest BCUT2D eigenvalue weighted by Gasteiger charge is 2.06. The fraction of sp³-hybridized carbons (Fsp3) is 0.400. The largest absolute Gasteiger partial charge is 0.351 e. The highest BCUT2D eigenvalue weighted by atomic mass is 16.2. The SMILES string of the molecule is C=N/C=C(C)\C(=C/C)CN(C)C(N)=O. The van der Waals surface area contributed by atoms with Gasteiger partial charge in [0.25, 0.3) is 0 Å². The second-order valence-corrected chi connectivity index (χ2v) is 3.00. The van der Waals surface area contributed by atoms with Crippen molar-refractivity contribution in [3.05, 3.63) is 23.4 Å². The minimum absolute atomic E-state index is 0.441. The number of nitrogens with two attached hydrogens (primary N) is 1. The third-order valence-corrected chi connectivity index (χ3v) is 1.92. The van der Waals surface area contributed by atoms with Crippen LogP contribution in [0.3, 0.4) is 0 Å². The van der Waals surface area contributed by atoms with E-state index in [-0.39, 0.29) is 0 Å². The fourth-order valence-corrected chi connectivity index (χ4v) is 0.997. The molecule has 0 aromatic heterocycles. The third kappa shape index (κ3) is 3.89. The Kier molecular flexibility index (Phi) is 5.29. The number of hydrogen-bond acceptors (Lipinski definition) is 2. The molecule has 0 unspecified atom stereocenters. The number of primary amides is 1. The van der Waals surface area contributed by atoms with Crippen LogP contribution in [0.5, 0.6) is 0 Å². The molecule has 0 atom stereocenters. The minimum Gasteiger partial charge on any atom is -0.351 e. The van der Waals surface area contributed by atoms with Crippen molar-refractivity contribution >= 4 is 12.7 Å². The zero-order chi connectivity index (χ0) is 11.1. The third-order valence-electron chi connectivity index (χ3n) is 1.92. The smallest absolute Gasteiger partial charge is 0.314 e. The first kappa shape index (κ1) is 12.4. The molecular formula is C10H17N3O. The van der Waals surface area contributed by atoms with Crippen LogP contribution in [0, 0.1) is 0 Å². The van der Waals surface area contributed by atoms with Crippen LogP contribution in [-0.4, -0.2) is 31.2 Å². The first-order valence-electron chi connectivity index (χ1n) is 4.31. The Labute approximate surface area is 84.8 Å². The summed E-state index contributed by atoms with van der Waals surface area (Å²) in [5.74, 6) is 0. The Balaban J connectivity index is 4.54. The molecule has 0 bridgehead atoms. The lowest BCUT2D eigenvalue weighted by molar-refractivity contribution is 0.222. The predicted molar refractivity (Wildman–Crippen MR) is 59.3 cm³/mol. The zero-order valence-corrected chi connectivity index (χ0v) is 8.95. The van der Waals surface area contributed by atoms with E-state index in [1.165, 1.54) is 4.90 Å². The van der Waals surface area contributed by atoms with E-state index in [4.69, 9.17) is 5.73 Å². The molecule has 0 radical (unpaired) electrons. The normalized spacial score (nSPS) is 12.5. The lowest BCUT2D eigenvalue weighted by Crippen LogP contribution is -2.33. The maximum absolute atomic E-state index is 10.8. The second-order valence-electron chi connectivity index (χ2n) is 3.00. The Bertz CT molecular complexity index is 279. The van der Waals surface area contributed by atoms with E-state index in [1.807, 2.05) is 19.9 Å². The molecule has 0 spiro atoms. The van der Waals surface area contributed by atoms with Crippen molar-refractivity contribution in [2.24, 2.45) is 10.7 Å². The number of allylic oxidation sites excluding steroid dienone is 1. The summed E-state index contributed by atoms with van der Waals surface area (Å²) < 4.78 is 0. The molecular weight excluding hydrogens is 178 g/mol. The summed E-state index contributed by atoms with van der Waals surface area (Å²) in [6, 6.07) is -0.441. The summed E-state index contributed by atoms with van der Waals surface area (Å²) in [4.78, 5) is 15.9. The van der Waals surface area contributed by atoms with E-state index in [1.54, 1.807) is 13.2 Å². The van der Waals surface area contributed by atoms with Gasteiger partial charge in [0, 0.05) is 19.8 Å². The zero-order valence-electron chi connectivity index (χ0n) is 8.95. The Hall–Kier alpha value is -1.58. The van der Waals surface area contributed by atoms with Crippen LogP contribution in [-0.2, 0) is 0 Å². The minimum atomic E-state index is -0.441. The maximum atomic E-state index is 10.8. The molecule has 14 heavy (non-hydrogen) atoms. The van der Waals surface area contributed by atoms with Gasteiger partial charge in [-0.3, -0.25) is 4.99 Å². The molecule has 4 heteroatoms. The highest BCUT2D eigenvalue weighted by Crippen LogP contribution is 2.10. The average molecular weight is 195 g/mol. The number of rotatable bonds is 4. The van der Waals surface area contributed by atoms with E-state index in [9.17, 15) is 4.79 Å². The van der Waals surface area contributed by atoms with Crippen molar-refractivity contribution in [3.8, 4) is 0 Å². The molecule has 2 N–H and O–H groups in total. The van der Waals surface area contributed by atoms with Gasteiger partial charge < -0.3 is 10.6 Å². The summed E-state index contributed by atoms with van der Waals surface area (Å²) in [7, 11) is 1.65. The van der Waals surface area contributed by atoms with Crippen LogP contribution in [0.2, 0.25) is 0 Å². The molecule has 0 aliphatic carbocycles. The monoisotopic (exact) mass is 195 g/mol. The summed E-state index contributed by atoms with van der Waals surface area (Å²) >= 11 is 0. The molecule has 0 rings (SSSR count). The lowest BCUT2D eigenvalue weighted by Gasteiger charge is -2.16. The van der Waals surface area contributed by atoms with Gasteiger partial charge in [-0.1, -0.05) is 6.08 Å².